The highest BCUT2D eigenvalue weighted by Gasteiger charge is 2.19. The predicted octanol–water partition coefficient (Wildman–Crippen LogP) is 1.55. The van der Waals surface area contributed by atoms with Crippen LogP contribution < -0.4 is 15.4 Å². The third-order valence-corrected chi connectivity index (χ3v) is 3.18. The standard InChI is InChI=1S/C13H17BrN2O4/c1-8(17)16-11(13(18)20-3)7-15-9-4-5-10(14)12(6-9)19-2/h4-6,11,15H,7H2,1-3H3,(H,16,17). The van der Waals surface area contributed by atoms with E-state index in [1.165, 1.54) is 14.0 Å². The van der Waals surface area contributed by atoms with E-state index in [9.17, 15) is 9.59 Å². The zero-order valence-electron chi connectivity index (χ0n) is 11.5. The quantitative estimate of drug-likeness (QED) is 0.765. The second-order valence-electron chi connectivity index (χ2n) is 4.01. The van der Waals surface area contributed by atoms with Gasteiger partial charge in [0.1, 0.15) is 11.8 Å². The number of nitrogens with one attached hydrogen (secondary N) is 2. The molecule has 0 spiro atoms. The SMILES string of the molecule is COC(=O)C(CNc1ccc(Br)c(OC)c1)NC(C)=O. The molecule has 0 aromatic heterocycles. The molecule has 1 rings (SSSR count). The van der Waals surface area contributed by atoms with Gasteiger partial charge in [-0.3, -0.25) is 4.79 Å². The van der Waals surface area contributed by atoms with E-state index in [-0.39, 0.29) is 12.5 Å². The number of amides is 1. The maximum atomic E-state index is 11.5. The molecule has 7 heteroatoms. The average molecular weight is 345 g/mol. The summed E-state index contributed by atoms with van der Waals surface area (Å²) in [5, 5.41) is 5.58. The maximum Gasteiger partial charge on any atom is 0.330 e. The van der Waals surface area contributed by atoms with Crippen LogP contribution in [-0.4, -0.2) is 38.7 Å². The lowest BCUT2D eigenvalue weighted by Crippen LogP contribution is -2.45. The summed E-state index contributed by atoms with van der Waals surface area (Å²) in [6.07, 6.45) is 0. The smallest absolute Gasteiger partial charge is 0.330 e. The Morgan fingerprint density at radius 2 is 2.05 bits per heavy atom. The van der Waals surface area contributed by atoms with Crippen LogP contribution in [0.3, 0.4) is 0 Å². The average Bonchev–Trinajstić information content (AvgIpc) is 2.43. The van der Waals surface area contributed by atoms with Gasteiger partial charge >= 0.3 is 5.97 Å². The van der Waals surface area contributed by atoms with Gasteiger partial charge in [0.15, 0.2) is 0 Å². The van der Waals surface area contributed by atoms with Gasteiger partial charge < -0.3 is 20.1 Å². The molecule has 0 aliphatic heterocycles. The molecule has 2 N–H and O–H groups in total. The number of carbonyl (C=O) groups is 2. The van der Waals surface area contributed by atoms with Crippen molar-refractivity contribution in [3.63, 3.8) is 0 Å². The molecule has 1 atom stereocenters. The van der Waals surface area contributed by atoms with Crippen LogP contribution in [-0.2, 0) is 14.3 Å². The van der Waals surface area contributed by atoms with Crippen LogP contribution in [0.1, 0.15) is 6.92 Å². The molecule has 0 fully saturated rings. The molecule has 1 aromatic rings. The first-order chi connectivity index (χ1) is 9.47. The number of anilines is 1. The van der Waals surface area contributed by atoms with E-state index >= 15 is 0 Å². The number of hydrogen-bond donors (Lipinski definition) is 2. The lowest BCUT2D eigenvalue weighted by molar-refractivity contribution is -0.144. The van der Waals surface area contributed by atoms with Gasteiger partial charge in [0.25, 0.3) is 0 Å². The second kappa shape index (κ2) is 7.74. The number of halogens is 1. The van der Waals surface area contributed by atoms with Crippen LogP contribution in [0.4, 0.5) is 5.69 Å². The van der Waals surface area contributed by atoms with Crippen LogP contribution in [0.25, 0.3) is 0 Å². The van der Waals surface area contributed by atoms with Gasteiger partial charge in [0, 0.05) is 25.2 Å². The summed E-state index contributed by atoms with van der Waals surface area (Å²) in [4.78, 5) is 22.6. The Labute approximate surface area is 126 Å². The second-order valence-corrected chi connectivity index (χ2v) is 4.86. The normalized spacial score (nSPS) is 11.4. The lowest BCUT2D eigenvalue weighted by atomic mass is 10.2. The predicted molar refractivity (Wildman–Crippen MR) is 78.8 cm³/mol. The number of carbonyl (C=O) groups excluding carboxylic acids is 2. The minimum Gasteiger partial charge on any atom is -0.495 e. The molecule has 0 aliphatic rings. The highest BCUT2D eigenvalue weighted by atomic mass is 79.9. The molecule has 1 amide bonds. The van der Waals surface area contributed by atoms with E-state index in [0.717, 1.165) is 10.2 Å². The Kier molecular flexibility index (Phi) is 6.30. The van der Waals surface area contributed by atoms with Crippen molar-refractivity contribution >= 4 is 33.5 Å². The number of methoxy groups -OCH3 is 2. The summed E-state index contributed by atoms with van der Waals surface area (Å²) in [6.45, 7) is 1.57. The Hall–Kier alpha value is -1.76. The lowest BCUT2D eigenvalue weighted by Gasteiger charge is -2.17. The molecular weight excluding hydrogens is 328 g/mol. The highest BCUT2D eigenvalue weighted by molar-refractivity contribution is 9.10. The van der Waals surface area contributed by atoms with Gasteiger partial charge in [-0.2, -0.15) is 0 Å². The van der Waals surface area contributed by atoms with Crippen molar-refractivity contribution in [2.45, 2.75) is 13.0 Å². The molecule has 0 bridgehead atoms. The number of esters is 1. The Morgan fingerprint density at radius 3 is 2.60 bits per heavy atom. The fraction of sp³-hybridized carbons (Fsp3) is 0.385. The van der Waals surface area contributed by atoms with Gasteiger partial charge in [0.2, 0.25) is 5.91 Å². The minimum absolute atomic E-state index is 0.219. The van der Waals surface area contributed by atoms with Crippen LogP contribution >= 0.6 is 15.9 Å². The van der Waals surface area contributed by atoms with Crippen molar-refractivity contribution in [2.75, 3.05) is 26.1 Å². The minimum atomic E-state index is -0.743. The summed E-state index contributed by atoms with van der Waals surface area (Å²) in [5.41, 5.74) is 0.768. The first-order valence-electron chi connectivity index (χ1n) is 5.90. The molecule has 110 valence electrons. The molecule has 6 nitrogen and oxygen atoms in total. The van der Waals surface area contributed by atoms with Gasteiger partial charge in [-0.15, -0.1) is 0 Å². The van der Waals surface area contributed by atoms with Gasteiger partial charge in [-0.05, 0) is 28.1 Å². The van der Waals surface area contributed by atoms with Crippen molar-refractivity contribution in [1.29, 1.82) is 0 Å². The van der Waals surface area contributed by atoms with E-state index in [0.29, 0.717) is 5.75 Å². The van der Waals surface area contributed by atoms with Crippen LogP contribution in [0.2, 0.25) is 0 Å². The van der Waals surface area contributed by atoms with E-state index in [1.807, 2.05) is 12.1 Å². The van der Waals surface area contributed by atoms with E-state index in [1.54, 1.807) is 13.2 Å². The summed E-state index contributed by atoms with van der Waals surface area (Å²) >= 11 is 3.35. The largest absolute Gasteiger partial charge is 0.495 e. The molecule has 0 radical (unpaired) electrons. The van der Waals surface area contributed by atoms with Gasteiger partial charge in [-0.1, -0.05) is 0 Å². The van der Waals surface area contributed by atoms with Crippen molar-refractivity contribution < 1.29 is 19.1 Å². The molecular formula is C13H17BrN2O4. The highest BCUT2D eigenvalue weighted by Crippen LogP contribution is 2.27. The number of ether oxygens (including phenoxy) is 2. The van der Waals surface area contributed by atoms with Crippen LogP contribution in [0.15, 0.2) is 22.7 Å². The van der Waals surface area contributed by atoms with Crippen molar-refractivity contribution in [3.05, 3.63) is 22.7 Å². The molecule has 0 aliphatic carbocycles. The summed E-state index contributed by atoms with van der Waals surface area (Å²) in [5.74, 6) is -0.128. The Morgan fingerprint density at radius 1 is 1.35 bits per heavy atom. The topological polar surface area (TPSA) is 76.7 Å². The number of benzene rings is 1. The van der Waals surface area contributed by atoms with E-state index in [2.05, 4.69) is 31.3 Å². The van der Waals surface area contributed by atoms with Gasteiger partial charge in [0.05, 0.1) is 18.7 Å². The Balaban J connectivity index is 2.71. The fourth-order valence-electron chi connectivity index (χ4n) is 1.57. The van der Waals surface area contributed by atoms with Crippen LogP contribution in [0, 0.1) is 0 Å². The molecule has 1 unspecified atom stereocenters. The molecule has 20 heavy (non-hydrogen) atoms. The summed E-state index contributed by atoms with van der Waals surface area (Å²) in [7, 11) is 2.85. The third kappa shape index (κ3) is 4.73. The number of rotatable bonds is 6. The Bertz CT molecular complexity index is 493. The maximum absolute atomic E-state index is 11.5. The molecule has 0 heterocycles. The van der Waals surface area contributed by atoms with Crippen LogP contribution in [0.5, 0.6) is 5.75 Å². The van der Waals surface area contributed by atoms with Crippen molar-refractivity contribution in [1.82, 2.24) is 5.32 Å². The third-order valence-electron chi connectivity index (χ3n) is 2.52. The van der Waals surface area contributed by atoms with Crippen molar-refractivity contribution in [3.8, 4) is 5.75 Å². The van der Waals surface area contributed by atoms with Crippen molar-refractivity contribution in [2.24, 2.45) is 0 Å². The first kappa shape index (κ1) is 16.3. The zero-order valence-corrected chi connectivity index (χ0v) is 13.1. The molecule has 1 aromatic carbocycles. The molecule has 0 saturated heterocycles. The monoisotopic (exact) mass is 344 g/mol. The summed E-state index contributed by atoms with van der Waals surface area (Å²) < 4.78 is 10.6. The van der Waals surface area contributed by atoms with E-state index < -0.39 is 12.0 Å². The number of hydrogen-bond acceptors (Lipinski definition) is 5. The summed E-state index contributed by atoms with van der Waals surface area (Å²) in [6, 6.07) is 4.69. The fourth-order valence-corrected chi connectivity index (χ4v) is 1.98. The zero-order chi connectivity index (χ0) is 15.1. The molecule has 0 saturated carbocycles. The first-order valence-corrected chi connectivity index (χ1v) is 6.69. The van der Waals surface area contributed by atoms with E-state index in [4.69, 9.17) is 4.74 Å². The van der Waals surface area contributed by atoms with Gasteiger partial charge in [-0.25, -0.2) is 4.79 Å².